The molecule has 0 aliphatic carbocycles. The summed E-state index contributed by atoms with van der Waals surface area (Å²) in [4.78, 5) is 0.242. The van der Waals surface area contributed by atoms with E-state index in [1.165, 1.54) is 0 Å². The second kappa shape index (κ2) is 7.41. The van der Waals surface area contributed by atoms with E-state index >= 15 is 0 Å². The van der Waals surface area contributed by atoms with Gasteiger partial charge >= 0.3 is 6.18 Å². The maximum absolute atomic E-state index is 13.0. The van der Waals surface area contributed by atoms with Gasteiger partial charge in [0.1, 0.15) is 0 Å². The van der Waals surface area contributed by atoms with E-state index in [4.69, 9.17) is 9.96 Å². The molecule has 0 saturated heterocycles. The highest BCUT2D eigenvalue weighted by atomic mass is 32.2. The maximum atomic E-state index is 13.0. The number of benzene rings is 1. The van der Waals surface area contributed by atoms with Crippen molar-refractivity contribution in [2.75, 3.05) is 12.0 Å². The molecule has 3 rings (SSSR count). The third kappa shape index (κ3) is 4.72. The third-order valence-corrected chi connectivity index (χ3v) is 6.36. The monoisotopic (exact) mass is 430 g/mol. The van der Waals surface area contributed by atoms with E-state index in [1.54, 1.807) is 11.5 Å². The molecule has 0 spiro atoms. The van der Waals surface area contributed by atoms with Gasteiger partial charge in [0.15, 0.2) is 4.80 Å². The number of nitrogens with one attached hydrogen (secondary N) is 1. The van der Waals surface area contributed by atoms with Crippen molar-refractivity contribution in [3.63, 3.8) is 0 Å². The maximum Gasteiger partial charge on any atom is 0.416 e. The zero-order valence-corrected chi connectivity index (χ0v) is 16.3. The zero-order valence-electron chi connectivity index (χ0n) is 13.8. The molecule has 6 nitrogen and oxygen atoms in total. The third-order valence-electron chi connectivity index (χ3n) is 3.72. The molecular formula is C14H17F3N2O4S3. The number of aromatic nitrogens is 1. The predicted octanol–water partition coefficient (Wildman–Crippen LogP) is 2.92. The molecule has 146 valence electrons. The lowest BCUT2D eigenvalue weighted by molar-refractivity contribution is -0.137. The van der Waals surface area contributed by atoms with Crippen LogP contribution in [0.3, 0.4) is 0 Å². The summed E-state index contributed by atoms with van der Waals surface area (Å²) in [5.74, 6) is 0.417. The summed E-state index contributed by atoms with van der Waals surface area (Å²) in [5, 5.41) is 7.52. The van der Waals surface area contributed by atoms with E-state index in [0.29, 0.717) is 40.8 Å². The van der Waals surface area contributed by atoms with Crippen LogP contribution in [0.15, 0.2) is 12.1 Å². The predicted molar refractivity (Wildman–Crippen MR) is 94.2 cm³/mol. The Kier molecular flexibility index (Phi) is 6.00. The van der Waals surface area contributed by atoms with E-state index in [2.05, 4.69) is 0 Å². The van der Waals surface area contributed by atoms with Crippen LogP contribution in [-0.4, -0.2) is 33.8 Å². The van der Waals surface area contributed by atoms with Crippen molar-refractivity contribution in [2.45, 2.75) is 31.3 Å². The molecule has 2 heterocycles. The average Bonchev–Trinajstić information content (AvgIpc) is 2.81. The molecule has 0 amide bonds. The molecule has 2 aromatic rings. The smallest absolute Gasteiger partial charge is 0.317 e. The molecule has 2 atom stereocenters. The molecule has 1 aliphatic heterocycles. The topological polar surface area (TPSA) is 100 Å². The highest BCUT2D eigenvalue weighted by Crippen LogP contribution is 2.40. The Morgan fingerprint density at radius 3 is 2.50 bits per heavy atom. The fourth-order valence-electron chi connectivity index (χ4n) is 2.76. The molecule has 1 aliphatic rings. The van der Waals surface area contributed by atoms with Gasteiger partial charge in [0.2, 0.25) is 0 Å². The summed E-state index contributed by atoms with van der Waals surface area (Å²) < 4.78 is 79.3. The molecule has 1 aromatic heterocycles. The molecule has 12 heteroatoms. The first-order valence-electron chi connectivity index (χ1n) is 7.41. The number of nitrogens with zero attached hydrogens (tertiary/aromatic N) is 1. The van der Waals surface area contributed by atoms with E-state index in [0.717, 1.165) is 23.5 Å². The van der Waals surface area contributed by atoms with Gasteiger partial charge in [-0.2, -0.15) is 21.6 Å². The Morgan fingerprint density at radius 2 is 2.00 bits per heavy atom. The fraction of sp³-hybridized carbons (Fsp3) is 0.500. The molecule has 0 radical (unpaired) electrons. The summed E-state index contributed by atoms with van der Waals surface area (Å²) >= 11 is 1.04. The van der Waals surface area contributed by atoms with Crippen molar-refractivity contribution in [3.05, 3.63) is 28.1 Å². The first-order chi connectivity index (χ1) is 11.8. The molecule has 0 fully saturated rings. The van der Waals surface area contributed by atoms with Crippen LogP contribution >= 0.6 is 11.3 Å². The first kappa shape index (κ1) is 21.1. The Bertz CT molecular complexity index is 1000. The number of halogens is 3. The summed E-state index contributed by atoms with van der Waals surface area (Å²) in [7, 11) is -4.86. The second-order valence-electron chi connectivity index (χ2n) is 5.65. The van der Waals surface area contributed by atoms with Gasteiger partial charge in [-0.3, -0.25) is 14.2 Å². The van der Waals surface area contributed by atoms with Crippen LogP contribution in [0.5, 0.6) is 0 Å². The van der Waals surface area contributed by atoms with Gasteiger partial charge < -0.3 is 4.57 Å². The second-order valence-corrected chi connectivity index (χ2v) is 10.1. The van der Waals surface area contributed by atoms with Crippen molar-refractivity contribution >= 4 is 42.5 Å². The number of rotatable bonds is 2. The van der Waals surface area contributed by atoms with Crippen LogP contribution in [0.2, 0.25) is 0 Å². The quantitative estimate of drug-likeness (QED) is 0.716. The fourth-order valence-corrected chi connectivity index (χ4v) is 5.00. The van der Waals surface area contributed by atoms with Gasteiger partial charge in [-0.15, -0.1) is 0 Å². The van der Waals surface area contributed by atoms with Crippen molar-refractivity contribution in [3.8, 4) is 0 Å². The molecule has 2 unspecified atom stereocenters. The Balaban J connectivity index is 0.000000431. The number of alkyl halides is 3. The minimum absolute atomic E-state index is 0.242. The average molecular weight is 430 g/mol. The standard InChI is InChI=1S/C13H13F3N2OS2.CH4O3S/c1-2-21(19)10-3-4-18-11-8(10)5-7(13(14,15)16)6-9(11)20-12(18)17;1-5(2,3)4/h5-6,10,17H,2-4H2,1H3;1H3,(H,2,3,4). The Hall–Kier alpha value is -1.24. The summed E-state index contributed by atoms with van der Waals surface area (Å²) in [6.07, 6.45) is -3.21. The lowest BCUT2D eigenvalue weighted by Gasteiger charge is -2.24. The van der Waals surface area contributed by atoms with Gasteiger partial charge in [-0.1, -0.05) is 18.3 Å². The minimum atomic E-state index is -4.43. The van der Waals surface area contributed by atoms with Crippen molar-refractivity contribution in [1.29, 1.82) is 5.41 Å². The van der Waals surface area contributed by atoms with E-state index in [-0.39, 0.29) is 10.1 Å². The number of aryl methyl sites for hydroxylation is 1. The molecule has 2 N–H and O–H groups in total. The van der Waals surface area contributed by atoms with Crippen LogP contribution < -0.4 is 4.80 Å². The molecule has 1 aromatic carbocycles. The van der Waals surface area contributed by atoms with Gasteiger partial charge in [0, 0.05) is 23.1 Å². The van der Waals surface area contributed by atoms with Gasteiger partial charge in [-0.05, 0) is 24.1 Å². The normalized spacial score (nSPS) is 18.3. The summed E-state index contributed by atoms with van der Waals surface area (Å²) in [6, 6.07) is 2.21. The molecule has 26 heavy (non-hydrogen) atoms. The van der Waals surface area contributed by atoms with Crippen LogP contribution in [0, 0.1) is 5.41 Å². The van der Waals surface area contributed by atoms with Crippen molar-refractivity contribution < 1.29 is 30.4 Å². The summed E-state index contributed by atoms with van der Waals surface area (Å²) in [6.45, 7) is 2.31. The summed E-state index contributed by atoms with van der Waals surface area (Å²) in [5.41, 5.74) is 0.399. The van der Waals surface area contributed by atoms with Crippen LogP contribution in [-0.2, 0) is 33.6 Å². The Morgan fingerprint density at radius 1 is 1.42 bits per heavy atom. The van der Waals surface area contributed by atoms with E-state index in [9.17, 15) is 25.8 Å². The van der Waals surface area contributed by atoms with Gasteiger partial charge in [0.05, 0.1) is 27.3 Å². The number of hydrogen-bond acceptors (Lipinski definition) is 5. The lowest BCUT2D eigenvalue weighted by atomic mass is 10.0. The highest BCUT2D eigenvalue weighted by molar-refractivity contribution is 7.85. The molecule has 0 saturated carbocycles. The SMILES string of the molecule is CCS(=O)C1CCn2c(=N)sc3cc(C(F)(F)F)cc1c32.CS(=O)(=O)O. The first-order valence-corrected chi connectivity index (χ1v) is 11.5. The van der Waals surface area contributed by atoms with Crippen LogP contribution in [0.4, 0.5) is 13.2 Å². The van der Waals surface area contributed by atoms with Crippen molar-refractivity contribution in [1.82, 2.24) is 4.57 Å². The van der Waals surface area contributed by atoms with Crippen LogP contribution in [0.25, 0.3) is 10.2 Å². The van der Waals surface area contributed by atoms with Crippen LogP contribution in [0.1, 0.15) is 29.7 Å². The zero-order chi connectivity index (χ0) is 19.9. The largest absolute Gasteiger partial charge is 0.416 e. The van der Waals surface area contributed by atoms with Crippen molar-refractivity contribution in [2.24, 2.45) is 0 Å². The Labute approximate surface area is 154 Å². The molecule has 0 bridgehead atoms. The number of hydrogen-bond donors (Lipinski definition) is 2. The highest BCUT2D eigenvalue weighted by Gasteiger charge is 2.35. The minimum Gasteiger partial charge on any atom is -0.317 e. The number of thiazole rings is 1. The lowest BCUT2D eigenvalue weighted by Crippen LogP contribution is -2.23. The van der Waals surface area contributed by atoms with Gasteiger partial charge in [0.25, 0.3) is 10.1 Å². The van der Waals surface area contributed by atoms with E-state index < -0.39 is 32.7 Å². The van der Waals surface area contributed by atoms with Gasteiger partial charge in [-0.25, -0.2) is 0 Å². The molecular weight excluding hydrogens is 413 g/mol. The van der Waals surface area contributed by atoms with E-state index in [1.807, 2.05) is 0 Å².